The molecule has 0 aliphatic carbocycles. The molecule has 110 valence electrons. The lowest BCUT2D eigenvalue weighted by molar-refractivity contribution is -0.113. The zero-order chi connectivity index (χ0) is 15.2. The van der Waals surface area contributed by atoms with Gasteiger partial charge in [0.25, 0.3) is 0 Å². The number of hydrogen-bond donors (Lipinski definition) is 2. The van der Waals surface area contributed by atoms with Gasteiger partial charge in [0.15, 0.2) is 0 Å². The van der Waals surface area contributed by atoms with Crippen LogP contribution in [0, 0.1) is 0 Å². The zero-order valence-electron chi connectivity index (χ0n) is 11.2. The SMILES string of the molecule is NCc1cccc(NC(=O)CS(=O)c2ccccc2Br)c1. The quantitative estimate of drug-likeness (QED) is 0.854. The fourth-order valence-electron chi connectivity index (χ4n) is 1.80. The van der Waals surface area contributed by atoms with Crippen molar-refractivity contribution in [3.05, 3.63) is 58.6 Å². The van der Waals surface area contributed by atoms with E-state index in [9.17, 15) is 9.00 Å². The average molecular weight is 367 g/mol. The molecule has 2 aromatic carbocycles. The van der Waals surface area contributed by atoms with Crippen molar-refractivity contribution in [3.63, 3.8) is 0 Å². The van der Waals surface area contributed by atoms with Gasteiger partial charge in [0.05, 0.1) is 15.7 Å². The third-order valence-corrected chi connectivity index (χ3v) is 5.12. The van der Waals surface area contributed by atoms with Crippen molar-refractivity contribution in [2.75, 3.05) is 11.1 Å². The average Bonchev–Trinajstić information content (AvgIpc) is 2.47. The van der Waals surface area contributed by atoms with Gasteiger partial charge in [0.1, 0.15) is 5.75 Å². The summed E-state index contributed by atoms with van der Waals surface area (Å²) in [4.78, 5) is 12.6. The van der Waals surface area contributed by atoms with Crippen LogP contribution in [0.1, 0.15) is 5.56 Å². The Kier molecular flexibility index (Phi) is 5.67. The Morgan fingerprint density at radius 1 is 1.19 bits per heavy atom. The molecule has 0 radical (unpaired) electrons. The maximum absolute atomic E-state index is 12.2. The van der Waals surface area contributed by atoms with E-state index in [1.807, 2.05) is 18.2 Å². The fourth-order valence-corrected chi connectivity index (χ4v) is 3.61. The molecule has 0 heterocycles. The second-order valence-electron chi connectivity index (χ2n) is 4.37. The van der Waals surface area contributed by atoms with Crippen LogP contribution in [0.4, 0.5) is 5.69 Å². The summed E-state index contributed by atoms with van der Waals surface area (Å²) in [7, 11) is -1.39. The number of halogens is 1. The van der Waals surface area contributed by atoms with E-state index < -0.39 is 10.8 Å². The van der Waals surface area contributed by atoms with Crippen LogP contribution >= 0.6 is 15.9 Å². The Labute approximate surface area is 134 Å². The molecule has 1 unspecified atom stereocenters. The molecular formula is C15H15BrN2O2S. The summed E-state index contributed by atoms with van der Waals surface area (Å²) in [6.07, 6.45) is 0. The summed E-state index contributed by atoms with van der Waals surface area (Å²) >= 11 is 3.33. The second kappa shape index (κ2) is 7.49. The van der Waals surface area contributed by atoms with Gasteiger partial charge in [-0.25, -0.2) is 0 Å². The minimum absolute atomic E-state index is 0.0878. The molecular weight excluding hydrogens is 352 g/mol. The molecule has 2 aromatic rings. The first-order chi connectivity index (χ1) is 10.1. The van der Waals surface area contributed by atoms with E-state index in [-0.39, 0.29) is 11.7 Å². The predicted molar refractivity (Wildman–Crippen MR) is 88.4 cm³/mol. The Hall–Kier alpha value is -1.50. The maximum Gasteiger partial charge on any atom is 0.237 e. The number of benzene rings is 2. The van der Waals surface area contributed by atoms with E-state index in [0.29, 0.717) is 17.1 Å². The summed E-state index contributed by atoms with van der Waals surface area (Å²) in [6, 6.07) is 14.5. The summed E-state index contributed by atoms with van der Waals surface area (Å²) in [5.74, 6) is -0.381. The third-order valence-electron chi connectivity index (χ3n) is 2.79. The highest BCUT2D eigenvalue weighted by molar-refractivity contribution is 9.10. The molecule has 0 aromatic heterocycles. The van der Waals surface area contributed by atoms with Gasteiger partial charge in [-0.1, -0.05) is 24.3 Å². The van der Waals surface area contributed by atoms with Crippen LogP contribution in [0.5, 0.6) is 0 Å². The first kappa shape index (κ1) is 15.9. The number of amides is 1. The van der Waals surface area contributed by atoms with Crippen molar-refractivity contribution >= 4 is 38.3 Å². The monoisotopic (exact) mass is 366 g/mol. The second-order valence-corrected chi connectivity index (χ2v) is 6.65. The first-order valence-corrected chi connectivity index (χ1v) is 8.43. The van der Waals surface area contributed by atoms with Crippen molar-refractivity contribution in [2.45, 2.75) is 11.4 Å². The van der Waals surface area contributed by atoms with Gasteiger partial charge in [0, 0.05) is 16.7 Å². The van der Waals surface area contributed by atoms with E-state index in [0.717, 1.165) is 10.0 Å². The summed E-state index contributed by atoms with van der Waals surface area (Å²) in [5, 5.41) is 2.73. The van der Waals surface area contributed by atoms with Gasteiger partial charge < -0.3 is 11.1 Å². The van der Waals surface area contributed by atoms with E-state index in [2.05, 4.69) is 21.2 Å². The number of rotatable bonds is 5. The van der Waals surface area contributed by atoms with Crippen molar-refractivity contribution in [2.24, 2.45) is 5.73 Å². The van der Waals surface area contributed by atoms with Gasteiger partial charge in [-0.05, 0) is 45.8 Å². The van der Waals surface area contributed by atoms with Gasteiger partial charge in [0.2, 0.25) is 5.91 Å². The van der Waals surface area contributed by atoms with E-state index in [1.54, 1.807) is 30.3 Å². The van der Waals surface area contributed by atoms with Gasteiger partial charge in [-0.15, -0.1) is 0 Å². The van der Waals surface area contributed by atoms with Crippen molar-refractivity contribution in [1.29, 1.82) is 0 Å². The number of carbonyl (C=O) groups excluding carboxylic acids is 1. The molecule has 1 amide bonds. The Morgan fingerprint density at radius 2 is 1.95 bits per heavy atom. The first-order valence-electron chi connectivity index (χ1n) is 6.32. The number of nitrogens with one attached hydrogen (secondary N) is 1. The van der Waals surface area contributed by atoms with E-state index >= 15 is 0 Å². The van der Waals surface area contributed by atoms with Crippen LogP contribution in [-0.4, -0.2) is 15.9 Å². The third kappa shape index (κ3) is 4.49. The number of anilines is 1. The molecule has 0 aliphatic heterocycles. The molecule has 0 saturated heterocycles. The topological polar surface area (TPSA) is 72.2 Å². The molecule has 0 saturated carbocycles. The standard InChI is InChI=1S/C15H15BrN2O2S/c16-13-6-1-2-7-14(13)21(20)10-15(19)18-12-5-3-4-11(8-12)9-17/h1-8H,9-10,17H2,(H,18,19). The highest BCUT2D eigenvalue weighted by Crippen LogP contribution is 2.20. The molecule has 0 bridgehead atoms. The maximum atomic E-state index is 12.2. The molecule has 0 spiro atoms. The van der Waals surface area contributed by atoms with Crippen LogP contribution in [0.25, 0.3) is 0 Å². The number of nitrogens with two attached hydrogens (primary N) is 1. The van der Waals surface area contributed by atoms with Crippen molar-refractivity contribution in [3.8, 4) is 0 Å². The highest BCUT2D eigenvalue weighted by atomic mass is 79.9. The molecule has 6 heteroatoms. The molecule has 0 fully saturated rings. The van der Waals surface area contributed by atoms with Crippen molar-refractivity contribution < 1.29 is 9.00 Å². The smallest absolute Gasteiger partial charge is 0.237 e. The molecule has 0 aliphatic rings. The van der Waals surface area contributed by atoms with Crippen molar-refractivity contribution in [1.82, 2.24) is 0 Å². The van der Waals surface area contributed by atoms with Gasteiger partial charge in [-0.2, -0.15) is 0 Å². The summed E-state index contributed by atoms with van der Waals surface area (Å²) in [6.45, 7) is 0.409. The molecule has 1 atom stereocenters. The Balaban J connectivity index is 2.01. The Morgan fingerprint density at radius 3 is 2.67 bits per heavy atom. The van der Waals surface area contributed by atoms with Crippen LogP contribution in [0.15, 0.2) is 57.9 Å². The van der Waals surface area contributed by atoms with E-state index in [1.165, 1.54) is 0 Å². The highest BCUT2D eigenvalue weighted by Gasteiger charge is 2.12. The fraction of sp³-hybridized carbons (Fsp3) is 0.133. The van der Waals surface area contributed by atoms with Crippen LogP contribution in [0.3, 0.4) is 0 Å². The Bertz CT molecular complexity index is 676. The predicted octanol–water partition coefficient (Wildman–Crippen LogP) is 2.65. The number of carbonyl (C=O) groups is 1. The molecule has 4 nitrogen and oxygen atoms in total. The van der Waals surface area contributed by atoms with Gasteiger partial charge in [-0.3, -0.25) is 9.00 Å². The van der Waals surface area contributed by atoms with Crippen LogP contribution in [-0.2, 0) is 22.1 Å². The summed E-state index contributed by atoms with van der Waals surface area (Å²) in [5.41, 5.74) is 7.15. The largest absolute Gasteiger partial charge is 0.326 e. The molecule has 21 heavy (non-hydrogen) atoms. The van der Waals surface area contributed by atoms with Crippen LogP contribution < -0.4 is 11.1 Å². The minimum atomic E-state index is -1.39. The lowest BCUT2D eigenvalue weighted by Crippen LogP contribution is -2.19. The van der Waals surface area contributed by atoms with E-state index in [4.69, 9.17) is 5.73 Å². The summed E-state index contributed by atoms with van der Waals surface area (Å²) < 4.78 is 12.9. The van der Waals surface area contributed by atoms with Crippen LogP contribution in [0.2, 0.25) is 0 Å². The minimum Gasteiger partial charge on any atom is -0.326 e. The lowest BCUT2D eigenvalue weighted by atomic mass is 10.2. The molecule has 3 N–H and O–H groups in total. The zero-order valence-corrected chi connectivity index (χ0v) is 13.6. The molecule has 2 rings (SSSR count). The normalized spacial score (nSPS) is 11.9. The van der Waals surface area contributed by atoms with Gasteiger partial charge >= 0.3 is 0 Å². The lowest BCUT2D eigenvalue weighted by Gasteiger charge is -2.07. The number of hydrogen-bond acceptors (Lipinski definition) is 3.